The maximum atomic E-state index is 6.00. The van der Waals surface area contributed by atoms with Gasteiger partial charge in [0, 0.05) is 18.6 Å². The van der Waals surface area contributed by atoms with Crippen LogP contribution in [0.5, 0.6) is 0 Å². The fourth-order valence-electron chi connectivity index (χ4n) is 2.30. The van der Waals surface area contributed by atoms with E-state index in [4.69, 9.17) is 5.73 Å². The number of aryl methyl sites for hydroxylation is 1. The van der Waals surface area contributed by atoms with Crippen molar-refractivity contribution >= 4 is 0 Å². The molecular formula is C16H28N2. The Balaban J connectivity index is 2.97. The lowest BCUT2D eigenvalue weighted by Gasteiger charge is -2.40. The Morgan fingerprint density at radius 1 is 1.28 bits per heavy atom. The van der Waals surface area contributed by atoms with E-state index >= 15 is 0 Å². The number of likely N-dealkylation sites (N-methyl/N-ethyl adjacent to an activating group) is 1. The number of nitrogens with two attached hydrogens (primary N) is 1. The first-order chi connectivity index (χ1) is 8.27. The van der Waals surface area contributed by atoms with Crippen LogP contribution in [0.1, 0.15) is 44.9 Å². The lowest BCUT2D eigenvalue weighted by molar-refractivity contribution is 0.100. The van der Waals surface area contributed by atoms with Gasteiger partial charge in [0.15, 0.2) is 0 Å². The molecule has 2 unspecified atom stereocenters. The molecule has 2 atom stereocenters. The van der Waals surface area contributed by atoms with Crippen molar-refractivity contribution in [1.29, 1.82) is 0 Å². The average molecular weight is 248 g/mol. The molecule has 1 aromatic rings. The normalized spacial score (nSPS) is 15.8. The molecule has 2 N–H and O–H groups in total. The second-order valence-electron chi connectivity index (χ2n) is 6.37. The first-order valence-electron chi connectivity index (χ1n) is 6.76. The molecular weight excluding hydrogens is 220 g/mol. The molecule has 18 heavy (non-hydrogen) atoms. The highest BCUT2D eigenvalue weighted by Crippen LogP contribution is 2.29. The van der Waals surface area contributed by atoms with Crippen LogP contribution in [0.25, 0.3) is 0 Å². The summed E-state index contributed by atoms with van der Waals surface area (Å²) >= 11 is 0. The van der Waals surface area contributed by atoms with Gasteiger partial charge in [-0.2, -0.15) is 0 Å². The third-order valence-corrected chi connectivity index (χ3v) is 4.01. The van der Waals surface area contributed by atoms with Gasteiger partial charge in [-0.25, -0.2) is 0 Å². The monoisotopic (exact) mass is 248 g/mol. The predicted molar refractivity (Wildman–Crippen MR) is 79.7 cm³/mol. The van der Waals surface area contributed by atoms with Gasteiger partial charge in [0.2, 0.25) is 0 Å². The lowest BCUT2D eigenvalue weighted by atomic mass is 9.86. The zero-order valence-electron chi connectivity index (χ0n) is 12.7. The summed E-state index contributed by atoms with van der Waals surface area (Å²) in [5.41, 5.74) is 8.86. The van der Waals surface area contributed by atoms with Crippen LogP contribution in [-0.4, -0.2) is 24.5 Å². The minimum absolute atomic E-state index is 0.256. The summed E-state index contributed by atoms with van der Waals surface area (Å²) in [6, 6.07) is 9.43. The molecule has 0 aliphatic carbocycles. The van der Waals surface area contributed by atoms with Gasteiger partial charge in [-0.3, -0.25) is 4.90 Å². The predicted octanol–water partition coefficient (Wildman–Crippen LogP) is 3.36. The second kappa shape index (κ2) is 5.85. The molecule has 0 fully saturated rings. The van der Waals surface area contributed by atoms with Crippen LogP contribution in [0, 0.1) is 12.3 Å². The second-order valence-corrected chi connectivity index (χ2v) is 6.37. The number of benzene rings is 1. The number of nitrogens with zero attached hydrogens (tertiary/aromatic N) is 1. The van der Waals surface area contributed by atoms with E-state index in [9.17, 15) is 0 Å². The third kappa shape index (κ3) is 3.56. The smallest absolute Gasteiger partial charge is 0.0470 e. The minimum Gasteiger partial charge on any atom is -0.329 e. The Kier molecular flexibility index (Phi) is 4.94. The van der Waals surface area contributed by atoms with E-state index in [1.165, 1.54) is 11.1 Å². The molecule has 0 heterocycles. The van der Waals surface area contributed by atoms with Gasteiger partial charge in [0.25, 0.3) is 0 Å². The SMILES string of the molecule is Cc1cccc(C(CN)N(C)C(C)C(C)(C)C)c1. The molecule has 0 amide bonds. The van der Waals surface area contributed by atoms with Crippen molar-refractivity contribution in [1.82, 2.24) is 4.90 Å². The Labute approximate surface area is 112 Å². The van der Waals surface area contributed by atoms with E-state index in [1.807, 2.05) is 0 Å². The first kappa shape index (κ1) is 15.2. The molecule has 1 rings (SSSR count). The van der Waals surface area contributed by atoms with Crippen LogP contribution >= 0.6 is 0 Å². The molecule has 0 aliphatic heterocycles. The van der Waals surface area contributed by atoms with E-state index in [1.54, 1.807) is 0 Å². The largest absolute Gasteiger partial charge is 0.329 e. The van der Waals surface area contributed by atoms with Crippen LogP contribution in [0.15, 0.2) is 24.3 Å². The molecule has 0 aliphatic rings. The van der Waals surface area contributed by atoms with Crippen LogP contribution in [0.4, 0.5) is 0 Å². The van der Waals surface area contributed by atoms with Crippen LogP contribution in [0.3, 0.4) is 0 Å². The molecule has 0 aromatic heterocycles. The zero-order valence-corrected chi connectivity index (χ0v) is 12.7. The topological polar surface area (TPSA) is 29.3 Å². The summed E-state index contributed by atoms with van der Waals surface area (Å²) in [5, 5.41) is 0. The third-order valence-electron chi connectivity index (χ3n) is 4.01. The maximum Gasteiger partial charge on any atom is 0.0470 e. The van der Waals surface area contributed by atoms with Crippen molar-refractivity contribution < 1.29 is 0 Å². The molecule has 102 valence electrons. The van der Waals surface area contributed by atoms with Crippen molar-refractivity contribution in [3.63, 3.8) is 0 Å². The highest BCUT2D eigenvalue weighted by atomic mass is 15.2. The quantitative estimate of drug-likeness (QED) is 0.885. The summed E-state index contributed by atoms with van der Waals surface area (Å²) in [6.07, 6.45) is 0. The van der Waals surface area contributed by atoms with Crippen molar-refractivity contribution in [2.75, 3.05) is 13.6 Å². The summed E-state index contributed by atoms with van der Waals surface area (Å²) in [4.78, 5) is 2.40. The highest BCUT2D eigenvalue weighted by Gasteiger charge is 2.28. The fraction of sp³-hybridized carbons (Fsp3) is 0.625. The summed E-state index contributed by atoms with van der Waals surface area (Å²) in [6.45, 7) is 11.9. The molecule has 0 spiro atoms. The zero-order chi connectivity index (χ0) is 13.9. The molecule has 2 nitrogen and oxygen atoms in total. The van der Waals surface area contributed by atoms with Crippen molar-refractivity contribution in [2.45, 2.75) is 46.7 Å². The first-order valence-corrected chi connectivity index (χ1v) is 6.76. The van der Waals surface area contributed by atoms with Gasteiger partial charge >= 0.3 is 0 Å². The average Bonchev–Trinajstić information content (AvgIpc) is 2.27. The van der Waals surface area contributed by atoms with Crippen LogP contribution in [0.2, 0.25) is 0 Å². The summed E-state index contributed by atoms with van der Waals surface area (Å²) in [7, 11) is 2.18. The van der Waals surface area contributed by atoms with Gasteiger partial charge in [-0.15, -0.1) is 0 Å². The van der Waals surface area contributed by atoms with Gasteiger partial charge < -0.3 is 5.73 Å². The van der Waals surface area contributed by atoms with Gasteiger partial charge in [0.1, 0.15) is 0 Å². The Morgan fingerprint density at radius 3 is 2.33 bits per heavy atom. The highest BCUT2D eigenvalue weighted by molar-refractivity contribution is 5.25. The van der Waals surface area contributed by atoms with Crippen LogP contribution in [-0.2, 0) is 0 Å². The molecule has 1 aromatic carbocycles. The van der Waals surface area contributed by atoms with Gasteiger partial charge in [-0.1, -0.05) is 50.6 Å². The summed E-state index contributed by atoms with van der Waals surface area (Å²) in [5.74, 6) is 0. The van der Waals surface area contributed by atoms with Gasteiger partial charge in [0.05, 0.1) is 0 Å². The van der Waals surface area contributed by atoms with E-state index in [0.717, 1.165) is 0 Å². The van der Waals surface area contributed by atoms with Crippen molar-refractivity contribution in [2.24, 2.45) is 11.1 Å². The molecule has 2 heteroatoms. The lowest BCUT2D eigenvalue weighted by Crippen LogP contribution is -2.43. The number of hydrogen-bond acceptors (Lipinski definition) is 2. The van der Waals surface area contributed by atoms with Crippen LogP contribution < -0.4 is 5.73 Å². The standard InChI is InChI=1S/C16H28N2/c1-12-8-7-9-14(10-12)15(11-17)18(6)13(2)16(3,4)5/h7-10,13,15H,11,17H2,1-6H3. The Hall–Kier alpha value is -0.860. The maximum absolute atomic E-state index is 6.00. The minimum atomic E-state index is 0.256. The Morgan fingerprint density at radius 2 is 1.89 bits per heavy atom. The van der Waals surface area contributed by atoms with Gasteiger partial charge in [-0.05, 0) is 31.9 Å². The van der Waals surface area contributed by atoms with E-state index in [-0.39, 0.29) is 5.41 Å². The molecule has 0 saturated heterocycles. The molecule has 0 bridgehead atoms. The van der Waals surface area contributed by atoms with Crippen molar-refractivity contribution in [3.8, 4) is 0 Å². The van der Waals surface area contributed by atoms with E-state index in [2.05, 4.69) is 70.8 Å². The summed E-state index contributed by atoms with van der Waals surface area (Å²) < 4.78 is 0. The van der Waals surface area contributed by atoms with E-state index in [0.29, 0.717) is 18.6 Å². The fourth-order valence-corrected chi connectivity index (χ4v) is 2.30. The van der Waals surface area contributed by atoms with E-state index < -0.39 is 0 Å². The van der Waals surface area contributed by atoms with Crippen molar-refractivity contribution in [3.05, 3.63) is 35.4 Å². The number of rotatable bonds is 4. The number of hydrogen-bond donors (Lipinski definition) is 1. The molecule has 0 radical (unpaired) electrons. The Bertz CT molecular complexity index is 379. The molecule has 0 saturated carbocycles.